The summed E-state index contributed by atoms with van der Waals surface area (Å²) in [6.07, 6.45) is 3.58. The van der Waals surface area contributed by atoms with Crippen molar-refractivity contribution >= 4 is 22.7 Å². The SMILES string of the molecule is CCCCc1[nH]c2cc(C)ccc2c1Sc1ccccc1. The van der Waals surface area contributed by atoms with E-state index in [-0.39, 0.29) is 0 Å². The van der Waals surface area contributed by atoms with Crippen LogP contribution in [0.3, 0.4) is 0 Å². The number of hydrogen-bond acceptors (Lipinski definition) is 1. The van der Waals surface area contributed by atoms with Crippen molar-refractivity contribution in [3.05, 3.63) is 59.8 Å². The second kappa shape index (κ2) is 6.40. The minimum Gasteiger partial charge on any atom is -0.357 e. The van der Waals surface area contributed by atoms with Gasteiger partial charge in [-0.25, -0.2) is 0 Å². The van der Waals surface area contributed by atoms with Crippen molar-refractivity contribution in [2.24, 2.45) is 0 Å². The summed E-state index contributed by atoms with van der Waals surface area (Å²) in [6.45, 7) is 4.40. The second-order valence-electron chi connectivity index (χ2n) is 5.50. The van der Waals surface area contributed by atoms with Crippen LogP contribution in [0.25, 0.3) is 10.9 Å². The highest BCUT2D eigenvalue weighted by atomic mass is 32.2. The zero-order valence-electron chi connectivity index (χ0n) is 12.6. The molecule has 0 radical (unpaired) electrons. The van der Waals surface area contributed by atoms with Gasteiger partial charge in [0.1, 0.15) is 0 Å². The van der Waals surface area contributed by atoms with Gasteiger partial charge in [-0.05, 0) is 43.5 Å². The van der Waals surface area contributed by atoms with E-state index in [4.69, 9.17) is 0 Å². The van der Waals surface area contributed by atoms with Crippen molar-refractivity contribution in [2.45, 2.75) is 42.9 Å². The van der Waals surface area contributed by atoms with E-state index in [1.165, 1.54) is 44.8 Å². The molecule has 0 aliphatic heterocycles. The highest BCUT2D eigenvalue weighted by Gasteiger charge is 2.12. The standard InChI is InChI=1S/C19H21NS/c1-3-4-10-17-19(21-15-8-6-5-7-9-15)16-12-11-14(2)13-18(16)20-17/h5-9,11-13,20H,3-4,10H2,1-2H3. The van der Waals surface area contributed by atoms with Gasteiger partial charge in [0, 0.05) is 26.4 Å². The molecule has 0 unspecified atom stereocenters. The van der Waals surface area contributed by atoms with Gasteiger partial charge in [0.15, 0.2) is 0 Å². The van der Waals surface area contributed by atoms with Crippen LogP contribution in [0.4, 0.5) is 0 Å². The van der Waals surface area contributed by atoms with Gasteiger partial charge in [-0.1, -0.05) is 55.4 Å². The van der Waals surface area contributed by atoms with Crippen LogP contribution >= 0.6 is 11.8 Å². The van der Waals surface area contributed by atoms with Gasteiger partial charge in [0.2, 0.25) is 0 Å². The van der Waals surface area contributed by atoms with E-state index in [1.54, 1.807) is 0 Å². The molecule has 0 saturated carbocycles. The maximum absolute atomic E-state index is 3.64. The molecule has 2 heteroatoms. The van der Waals surface area contributed by atoms with Crippen LogP contribution in [-0.4, -0.2) is 4.98 Å². The first-order chi connectivity index (χ1) is 10.3. The Balaban J connectivity index is 2.04. The summed E-state index contributed by atoms with van der Waals surface area (Å²) in [5, 5.41) is 1.35. The second-order valence-corrected chi connectivity index (χ2v) is 6.58. The number of aromatic nitrogens is 1. The quantitative estimate of drug-likeness (QED) is 0.613. The number of H-pyrrole nitrogens is 1. The van der Waals surface area contributed by atoms with Gasteiger partial charge in [-0.15, -0.1) is 0 Å². The normalized spacial score (nSPS) is 11.1. The summed E-state index contributed by atoms with van der Waals surface area (Å²) >= 11 is 1.88. The smallest absolute Gasteiger partial charge is 0.0470 e. The third-order valence-electron chi connectivity index (χ3n) is 3.72. The van der Waals surface area contributed by atoms with Crippen molar-refractivity contribution in [1.29, 1.82) is 0 Å². The predicted molar refractivity (Wildman–Crippen MR) is 92.2 cm³/mol. The molecule has 0 aliphatic rings. The number of unbranched alkanes of at least 4 members (excludes halogenated alkanes) is 1. The number of rotatable bonds is 5. The monoisotopic (exact) mass is 295 g/mol. The maximum atomic E-state index is 3.64. The van der Waals surface area contributed by atoms with Crippen molar-refractivity contribution < 1.29 is 0 Å². The summed E-state index contributed by atoms with van der Waals surface area (Å²) in [7, 11) is 0. The van der Waals surface area contributed by atoms with Crippen LogP contribution in [0.15, 0.2) is 58.3 Å². The summed E-state index contributed by atoms with van der Waals surface area (Å²) in [4.78, 5) is 6.33. The molecule has 0 bridgehead atoms. The lowest BCUT2D eigenvalue weighted by molar-refractivity contribution is 0.773. The van der Waals surface area contributed by atoms with Crippen LogP contribution < -0.4 is 0 Å². The van der Waals surface area contributed by atoms with Crippen LogP contribution in [0.5, 0.6) is 0 Å². The molecule has 0 aliphatic carbocycles. The largest absolute Gasteiger partial charge is 0.357 e. The van der Waals surface area contributed by atoms with E-state index in [9.17, 15) is 0 Å². The first kappa shape index (κ1) is 14.3. The molecule has 0 fully saturated rings. The average molecular weight is 295 g/mol. The Bertz CT molecular complexity index is 728. The van der Waals surface area contributed by atoms with Crippen LogP contribution in [-0.2, 0) is 6.42 Å². The first-order valence-electron chi connectivity index (χ1n) is 7.62. The minimum atomic E-state index is 1.12. The maximum Gasteiger partial charge on any atom is 0.0470 e. The molecular weight excluding hydrogens is 274 g/mol. The van der Waals surface area contributed by atoms with Gasteiger partial charge in [-0.2, -0.15) is 0 Å². The van der Waals surface area contributed by atoms with Crippen LogP contribution in [0, 0.1) is 6.92 Å². The molecule has 2 aromatic carbocycles. The zero-order valence-corrected chi connectivity index (χ0v) is 13.5. The molecule has 1 heterocycles. The summed E-state index contributed by atoms with van der Waals surface area (Å²) in [5.74, 6) is 0. The average Bonchev–Trinajstić information content (AvgIpc) is 2.83. The van der Waals surface area contributed by atoms with Gasteiger partial charge in [0.05, 0.1) is 0 Å². The molecule has 0 spiro atoms. The topological polar surface area (TPSA) is 15.8 Å². The Hall–Kier alpha value is -1.67. The van der Waals surface area contributed by atoms with Crippen molar-refractivity contribution in [1.82, 2.24) is 4.98 Å². The summed E-state index contributed by atoms with van der Waals surface area (Å²) in [5.41, 5.74) is 3.95. The lowest BCUT2D eigenvalue weighted by Crippen LogP contribution is -1.87. The number of aryl methyl sites for hydroxylation is 2. The molecule has 108 valence electrons. The fourth-order valence-corrected chi connectivity index (χ4v) is 3.69. The van der Waals surface area contributed by atoms with E-state index in [2.05, 4.69) is 67.4 Å². The molecule has 1 N–H and O–H groups in total. The van der Waals surface area contributed by atoms with Crippen LogP contribution in [0.1, 0.15) is 31.0 Å². The van der Waals surface area contributed by atoms with Crippen molar-refractivity contribution in [3.8, 4) is 0 Å². The van der Waals surface area contributed by atoms with Gasteiger partial charge in [-0.3, -0.25) is 0 Å². The lowest BCUT2D eigenvalue weighted by atomic mass is 10.1. The number of nitrogens with one attached hydrogen (secondary N) is 1. The molecule has 3 aromatic rings. The molecule has 21 heavy (non-hydrogen) atoms. The molecule has 3 rings (SSSR count). The minimum absolute atomic E-state index is 1.12. The predicted octanol–water partition coefficient (Wildman–Crippen LogP) is 5.97. The Labute approximate surface area is 130 Å². The van der Waals surface area contributed by atoms with Gasteiger partial charge >= 0.3 is 0 Å². The number of benzene rings is 2. The summed E-state index contributed by atoms with van der Waals surface area (Å²) in [6, 6.07) is 17.3. The Morgan fingerprint density at radius 1 is 1.05 bits per heavy atom. The van der Waals surface area contributed by atoms with Crippen molar-refractivity contribution in [2.75, 3.05) is 0 Å². The van der Waals surface area contributed by atoms with E-state index in [0.717, 1.165) is 6.42 Å². The van der Waals surface area contributed by atoms with E-state index >= 15 is 0 Å². The third kappa shape index (κ3) is 3.16. The zero-order chi connectivity index (χ0) is 14.7. The molecule has 0 amide bonds. The van der Waals surface area contributed by atoms with Crippen LogP contribution in [0.2, 0.25) is 0 Å². The molecular formula is C19H21NS. The lowest BCUT2D eigenvalue weighted by Gasteiger charge is -2.04. The molecule has 1 aromatic heterocycles. The molecule has 0 saturated heterocycles. The highest BCUT2D eigenvalue weighted by Crippen LogP contribution is 2.37. The van der Waals surface area contributed by atoms with Gasteiger partial charge in [0.25, 0.3) is 0 Å². The number of fused-ring (bicyclic) bond motifs is 1. The molecule has 0 atom stereocenters. The third-order valence-corrected chi connectivity index (χ3v) is 4.90. The fourth-order valence-electron chi connectivity index (χ4n) is 2.59. The number of aromatic amines is 1. The van der Waals surface area contributed by atoms with E-state index in [0.29, 0.717) is 0 Å². The Kier molecular flexibility index (Phi) is 4.35. The Morgan fingerprint density at radius 2 is 1.86 bits per heavy atom. The van der Waals surface area contributed by atoms with E-state index in [1.807, 2.05) is 11.8 Å². The first-order valence-corrected chi connectivity index (χ1v) is 8.43. The number of hydrogen-bond donors (Lipinski definition) is 1. The van der Waals surface area contributed by atoms with Gasteiger partial charge < -0.3 is 4.98 Å². The van der Waals surface area contributed by atoms with Crippen molar-refractivity contribution in [3.63, 3.8) is 0 Å². The van der Waals surface area contributed by atoms with E-state index < -0.39 is 0 Å². The highest BCUT2D eigenvalue weighted by molar-refractivity contribution is 7.99. The fraction of sp³-hybridized carbons (Fsp3) is 0.263. The summed E-state index contributed by atoms with van der Waals surface area (Å²) < 4.78 is 0. The molecule has 1 nitrogen and oxygen atoms in total. The Morgan fingerprint density at radius 3 is 2.62 bits per heavy atom.